The number of esters is 1. The van der Waals surface area contributed by atoms with Crippen molar-refractivity contribution in [2.45, 2.75) is 26.3 Å². The summed E-state index contributed by atoms with van der Waals surface area (Å²) in [7, 11) is 1.21. The van der Waals surface area contributed by atoms with E-state index in [1.54, 1.807) is 6.92 Å². The van der Waals surface area contributed by atoms with E-state index in [4.69, 9.17) is 0 Å². The van der Waals surface area contributed by atoms with Gasteiger partial charge >= 0.3 is 5.97 Å². The van der Waals surface area contributed by atoms with Crippen molar-refractivity contribution in [3.8, 4) is 0 Å². The highest BCUT2D eigenvalue weighted by molar-refractivity contribution is 5.96. The van der Waals surface area contributed by atoms with Crippen molar-refractivity contribution in [1.29, 1.82) is 0 Å². The van der Waals surface area contributed by atoms with Crippen LogP contribution in [0.4, 0.5) is 8.78 Å². The highest BCUT2D eigenvalue weighted by Crippen LogP contribution is 2.12. The zero-order valence-electron chi connectivity index (χ0n) is 11.6. The third-order valence-corrected chi connectivity index (χ3v) is 3.08. The van der Waals surface area contributed by atoms with Gasteiger partial charge in [0.25, 0.3) is 5.91 Å². The maximum atomic E-state index is 13.1. The van der Waals surface area contributed by atoms with E-state index in [-0.39, 0.29) is 11.5 Å². The van der Waals surface area contributed by atoms with E-state index in [2.05, 4.69) is 10.1 Å². The lowest BCUT2D eigenvalue weighted by Crippen LogP contribution is -2.45. The number of benzene rings is 1. The molecule has 110 valence electrons. The Bertz CT molecular complexity index is 485. The molecular formula is C14H17F2NO3. The number of amides is 1. The van der Waals surface area contributed by atoms with E-state index in [9.17, 15) is 18.4 Å². The number of ether oxygens (including phenoxy) is 1. The molecule has 0 aromatic heterocycles. The van der Waals surface area contributed by atoms with Crippen molar-refractivity contribution >= 4 is 11.9 Å². The summed E-state index contributed by atoms with van der Waals surface area (Å²) in [6.45, 7) is 3.63. The largest absolute Gasteiger partial charge is 0.467 e. The standard InChI is InChI=1S/C14H17F2NO3/c1-4-8(2)12(14(19)20-3)17-13(18)9-5-10(15)7-11(16)6-9/h5-8,12H,4H2,1-3H3,(H,17,18)/t8-,12+/m1/s1. The Morgan fingerprint density at radius 1 is 1.25 bits per heavy atom. The van der Waals surface area contributed by atoms with Gasteiger partial charge in [0.05, 0.1) is 7.11 Å². The van der Waals surface area contributed by atoms with Gasteiger partial charge in [0.1, 0.15) is 17.7 Å². The van der Waals surface area contributed by atoms with Gasteiger partial charge in [-0.1, -0.05) is 20.3 Å². The summed E-state index contributed by atoms with van der Waals surface area (Å²) in [6.07, 6.45) is 0.636. The molecule has 1 amide bonds. The first-order chi connectivity index (χ1) is 9.38. The molecular weight excluding hydrogens is 268 g/mol. The fourth-order valence-electron chi connectivity index (χ4n) is 1.71. The van der Waals surface area contributed by atoms with Crippen LogP contribution in [0.25, 0.3) is 0 Å². The molecule has 0 unspecified atom stereocenters. The van der Waals surface area contributed by atoms with E-state index in [1.165, 1.54) is 7.11 Å². The summed E-state index contributed by atoms with van der Waals surface area (Å²) in [5.74, 6) is -3.19. The smallest absolute Gasteiger partial charge is 0.328 e. The van der Waals surface area contributed by atoms with Gasteiger partial charge in [-0.25, -0.2) is 13.6 Å². The average molecular weight is 285 g/mol. The predicted molar refractivity (Wildman–Crippen MR) is 69.1 cm³/mol. The molecule has 2 atom stereocenters. The fourth-order valence-corrected chi connectivity index (χ4v) is 1.71. The molecule has 0 aliphatic carbocycles. The second-order valence-corrected chi connectivity index (χ2v) is 4.52. The number of carbonyl (C=O) groups is 2. The van der Waals surface area contributed by atoms with E-state index in [1.807, 2.05) is 6.92 Å². The van der Waals surface area contributed by atoms with Gasteiger partial charge < -0.3 is 10.1 Å². The fraction of sp³-hybridized carbons (Fsp3) is 0.429. The minimum Gasteiger partial charge on any atom is -0.467 e. The third kappa shape index (κ3) is 4.01. The van der Waals surface area contributed by atoms with Gasteiger partial charge in [-0.2, -0.15) is 0 Å². The van der Waals surface area contributed by atoms with Crippen molar-refractivity contribution in [2.75, 3.05) is 7.11 Å². The Hall–Kier alpha value is -1.98. The summed E-state index contributed by atoms with van der Waals surface area (Å²) in [5, 5.41) is 2.44. The second kappa shape index (κ2) is 6.98. The van der Waals surface area contributed by atoms with Crippen LogP contribution in [0.3, 0.4) is 0 Å². The predicted octanol–water partition coefficient (Wildman–Crippen LogP) is 2.28. The number of hydrogen-bond donors (Lipinski definition) is 1. The third-order valence-electron chi connectivity index (χ3n) is 3.08. The molecule has 0 heterocycles. The lowest BCUT2D eigenvalue weighted by atomic mass is 9.99. The quantitative estimate of drug-likeness (QED) is 0.844. The molecule has 0 radical (unpaired) electrons. The zero-order valence-corrected chi connectivity index (χ0v) is 11.6. The minimum absolute atomic E-state index is 0.162. The van der Waals surface area contributed by atoms with Crippen LogP contribution in [-0.2, 0) is 9.53 Å². The molecule has 0 aliphatic rings. The van der Waals surface area contributed by atoms with Crippen LogP contribution in [0.15, 0.2) is 18.2 Å². The molecule has 20 heavy (non-hydrogen) atoms. The molecule has 0 saturated heterocycles. The Morgan fingerprint density at radius 3 is 2.25 bits per heavy atom. The molecule has 1 aromatic carbocycles. The van der Waals surface area contributed by atoms with E-state index in [0.717, 1.165) is 12.1 Å². The summed E-state index contributed by atoms with van der Waals surface area (Å²) in [4.78, 5) is 23.6. The van der Waals surface area contributed by atoms with Crippen LogP contribution in [0.1, 0.15) is 30.6 Å². The number of rotatable bonds is 5. The Kier molecular flexibility index (Phi) is 5.61. The van der Waals surface area contributed by atoms with Crippen LogP contribution in [0.2, 0.25) is 0 Å². The molecule has 1 N–H and O–H groups in total. The van der Waals surface area contributed by atoms with Crippen LogP contribution in [0.5, 0.6) is 0 Å². The SMILES string of the molecule is CC[C@@H](C)[C@H](NC(=O)c1cc(F)cc(F)c1)C(=O)OC. The zero-order chi connectivity index (χ0) is 15.3. The maximum Gasteiger partial charge on any atom is 0.328 e. The van der Waals surface area contributed by atoms with E-state index >= 15 is 0 Å². The maximum absolute atomic E-state index is 13.1. The van der Waals surface area contributed by atoms with Crippen molar-refractivity contribution in [3.05, 3.63) is 35.4 Å². The van der Waals surface area contributed by atoms with Gasteiger partial charge in [0, 0.05) is 11.6 Å². The highest BCUT2D eigenvalue weighted by atomic mass is 19.1. The second-order valence-electron chi connectivity index (χ2n) is 4.52. The number of nitrogens with one attached hydrogen (secondary N) is 1. The number of hydrogen-bond acceptors (Lipinski definition) is 3. The number of methoxy groups -OCH3 is 1. The molecule has 1 aromatic rings. The first-order valence-corrected chi connectivity index (χ1v) is 6.23. The minimum atomic E-state index is -0.858. The van der Waals surface area contributed by atoms with Gasteiger partial charge in [-0.15, -0.1) is 0 Å². The van der Waals surface area contributed by atoms with Crippen molar-refractivity contribution < 1.29 is 23.1 Å². The van der Waals surface area contributed by atoms with Gasteiger partial charge in [-0.3, -0.25) is 4.79 Å². The molecule has 6 heteroatoms. The summed E-state index contributed by atoms with van der Waals surface area (Å²) in [5.41, 5.74) is -0.181. The monoisotopic (exact) mass is 285 g/mol. The Balaban J connectivity index is 2.93. The molecule has 0 fully saturated rings. The van der Waals surface area contributed by atoms with Crippen molar-refractivity contribution in [2.24, 2.45) is 5.92 Å². The lowest BCUT2D eigenvalue weighted by molar-refractivity contribution is -0.144. The summed E-state index contributed by atoms with van der Waals surface area (Å²) >= 11 is 0. The Morgan fingerprint density at radius 2 is 1.80 bits per heavy atom. The highest BCUT2D eigenvalue weighted by Gasteiger charge is 2.27. The molecule has 4 nitrogen and oxygen atoms in total. The molecule has 0 aliphatic heterocycles. The number of carbonyl (C=O) groups excluding carboxylic acids is 2. The van der Waals surface area contributed by atoms with E-state index in [0.29, 0.717) is 12.5 Å². The van der Waals surface area contributed by atoms with E-state index < -0.39 is 29.6 Å². The molecule has 1 rings (SSSR count). The van der Waals surface area contributed by atoms with Gasteiger partial charge in [0.2, 0.25) is 0 Å². The first kappa shape index (κ1) is 16.1. The molecule has 0 spiro atoms. The summed E-state index contributed by atoms with van der Waals surface area (Å²) in [6, 6.07) is 1.62. The first-order valence-electron chi connectivity index (χ1n) is 6.23. The average Bonchev–Trinajstić information content (AvgIpc) is 2.41. The van der Waals surface area contributed by atoms with Crippen molar-refractivity contribution in [3.63, 3.8) is 0 Å². The van der Waals surface area contributed by atoms with Gasteiger partial charge in [0.15, 0.2) is 0 Å². The lowest BCUT2D eigenvalue weighted by Gasteiger charge is -2.21. The molecule has 0 saturated carbocycles. The molecule has 0 bridgehead atoms. The van der Waals surface area contributed by atoms with Gasteiger partial charge in [-0.05, 0) is 18.1 Å². The van der Waals surface area contributed by atoms with Crippen LogP contribution < -0.4 is 5.32 Å². The van der Waals surface area contributed by atoms with Crippen LogP contribution in [-0.4, -0.2) is 25.0 Å². The Labute approximate surface area is 116 Å². The number of halogens is 2. The normalized spacial score (nSPS) is 13.4. The summed E-state index contributed by atoms with van der Waals surface area (Å²) < 4.78 is 30.7. The van der Waals surface area contributed by atoms with Crippen LogP contribution in [0, 0.1) is 17.6 Å². The van der Waals surface area contributed by atoms with Crippen LogP contribution >= 0.6 is 0 Å². The van der Waals surface area contributed by atoms with Crippen molar-refractivity contribution in [1.82, 2.24) is 5.32 Å². The topological polar surface area (TPSA) is 55.4 Å².